The Labute approximate surface area is 113 Å². The van der Waals surface area contributed by atoms with Gasteiger partial charge in [-0.05, 0) is 43.3 Å². The summed E-state index contributed by atoms with van der Waals surface area (Å²) in [5, 5.41) is 7.08. The van der Waals surface area contributed by atoms with E-state index in [1.165, 1.54) is 0 Å². The van der Waals surface area contributed by atoms with Crippen molar-refractivity contribution >= 4 is 17.3 Å². The molecule has 2 rings (SSSR count). The maximum atomic E-state index is 5.33. The summed E-state index contributed by atoms with van der Waals surface area (Å²) in [5.41, 5.74) is 1.12. The largest absolute Gasteiger partial charge is 0.454 e. The zero-order valence-corrected chi connectivity index (χ0v) is 11.5. The highest BCUT2D eigenvalue weighted by molar-refractivity contribution is 7.80. The number of hydrogen-bond acceptors (Lipinski definition) is 3. The Morgan fingerprint density at radius 1 is 1.39 bits per heavy atom. The number of hydrogen-bond donors (Lipinski definition) is 2. The molecule has 1 aromatic carbocycles. The van der Waals surface area contributed by atoms with Crippen LogP contribution in [0.1, 0.15) is 25.8 Å². The van der Waals surface area contributed by atoms with Crippen LogP contribution in [0, 0.1) is 0 Å². The molecule has 0 spiro atoms. The van der Waals surface area contributed by atoms with Crippen molar-refractivity contribution in [3.63, 3.8) is 0 Å². The molecule has 0 aromatic heterocycles. The molecule has 18 heavy (non-hydrogen) atoms. The number of benzene rings is 1. The summed E-state index contributed by atoms with van der Waals surface area (Å²) in [6, 6.07) is 6.29. The second-order valence-corrected chi connectivity index (χ2v) is 4.73. The molecule has 0 radical (unpaired) electrons. The molecule has 1 aromatic rings. The number of ether oxygens (including phenoxy) is 2. The lowest BCUT2D eigenvalue weighted by molar-refractivity contribution is 0.174. The van der Waals surface area contributed by atoms with Gasteiger partial charge in [0, 0.05) is 12.6 Å². The molecular formula is C13H18N2O2S. The quantitative estimate of drug-likeness (QED) is 0.818. The maximum Gasteiger partial charge on any atom is 0.231 e. The van der Waals surface area contributed by atoms with E-state index in [-0.39, 0.29) is 0 Å². The van der Waals surface area contributed by atoms with Gasteiger partial charge in [-0.3, -0.25) is 0 Å². The number of nitrogens with one attached hydrogen (secondary N) is 2. The van der Waals surface area contributed by atoms with Crippen LogP contribution in [0.15, 0.2) is 18.2 Å². The van der Waals surface area contributed by atoms with E-state index in [1.807, 2.05) is 18.2 Å². The zero-order valence-electron chi connectivity index (χ0n) is 10.7. The topological polar surface area (TPSA) is 42.5 Å². The van der Waals surface area contributed by atoms with Gasteiger partial charge < -0.3 is 20.1 Å². The molecule has 1 aliphatic heterocycles. The molecule has 1 heterocycles. The average molecular weight is 266 g/mol. The second-order valence-electron chi connectivity index (χ2n) is 4.32. The van der Waals surface area contributed by atoms with Crippen molar-refractivity contribution in [3.05, 3.63) is 23.8 Å². The normalized spacial score (nSPS) is 14.1. The minimum absolute atomic E-state index is 0.306. The van der Waals surface area contributed by atoms with Gasteiger partial charge in [-0.1, -0.05) is 13.0 Å². The molecule has 0 fully saturated rings. The van der Waals surface area contributed by atoms with E-state index in [9.17, 15) is 0 Å². The molecule has 0 saturated carbocycles. The van der Waals surface area contributed by atoms with Gasteiger partial charge in [0.25, 0.3) is 0 Å². The number of thiocarbonyl (C=S) groups is 1. The molecule has 1 atom stereocenters. The summed E-state index contributed by atoms with van der Waals surface area (Å²) < 4.78 is 10.6. The molecule has 0 unspecified atom stereocenters. The fourth-order valence-corrected chi connectivity index (χ4v) is 1.88. The van der Waals surface area contributed by atoms with Crippen molar-refractivity contribution in [2.75, 3.05) is 6.79 Å². The predicted octanol–water partition coefficient (Wildman–Crippen LogP) is 2.18. The van der Waals surface area contributed by atoms with Crippen LogP contribution >= 0.6 is 12.2 Å². The molecule has 2 N–H and O–H groups in total. The lowest BCUT2D eigenvalue weighted by Gasteiger charge is -2.15. The van der Waals surface area contributed by atoms with Gasteiger partial charge in [-0.2, -0.15) is 0 Å². The highest BCUT2D eigenvalue weighted by Gasteiger charge is 2.13. The van der Waals surface area contributed by atoms with Crippen LogP contribution in [-0.4, -0.2) is 17.9 Å². The summed E-state index contributed by atoms with van der Waals surface area (Å²) in [6.45, 7) is 5.21. The Balaban J connectivity index is 1.85. The van der Waals surface area contributed by atoms with Crippen LogP contribution in [0.4, 0.5) is 0 Å². The molecule has 0 saturated heterocycles. The third kappa shape index (κ3) is 3.26. The molecule has 98 valence electrons. The molecule has 0 amide bonds. The Morgan fingerprint density at radius 2 is 2.17 bits per heavy atom. The Bertz CT molecular complexity index is 437. The third-order valence-corrected chi connectivity index (χ3v) is 3.14. The van der Waals surface area contributed by atoms with Crippen molar-refractivity contribution in [1.82, 2.24) is 10.6 Å². The number of rotatable bonds is 4. The highest BCUT2D eigenvalue weighted by Crippen LogP contribution is 2.32. The van der Waals surface area contributed by atoms with E-state index in [2.05, 4.69) is 24.5 Å². The van der Waals surface area contributed by atoms with Crippen LogP contribution in [0.2, 0.25) is 0 Å². The molecular weight excluding hydrogens is 248 g/mol. The summed E-state index contributed by atoms with van der Waals surface area (Å²) in [7, 11) is 0. The van der Waals surface area contributed by atoms with Gasteiger partial charge >= 0.3 is 0 Å². The van der Waals surface area contributed by atoms with E-state index in [4.69, 9.17) is 21.7 Å². The maximum absolute atomic E-state index is 5.33. The van der Waals surface area contributed by atoms with Gasteiger partial charge in [0.15, 0.2) is 16.6 Å². The van der Waals surface area contributed by atoms with E-state index in [0.717, 1.165) is 23.5 Å². The smallest absolute Gasteiger partial charge is 0.231 e. The summed E-state index contributed by atoms with van der Waals surface area (Å²) in [4.78, 5) is 0. The van der Waals surface area contributed by atoms with Crippen LogP contribution in [-0.2, 0) is 6.54 Å². The van der Waals surface area contributed by atoms with Gasteiger partial charge in [0.2, 0.25) is 6.79 Å². The van der Waals surface area contributed by atoms with Gasteiger partial charge in [-0.25, -0.2) is 0 Å². The lowest BCUT2D eigenvalue weighted by atomic mass is 10.2. The van der Waals surface area contributed by atoms with E-state index in [1.54, 1.807) is 0 Å². The first-order valence-corrected chi connectivity index (χ1v) is 6.52. The Hall–Kier alpha value is -1.49. The second kappa shape index (κ2) is 5.91. The minimum atomic E-state index is 0.306. The van der Waals surface area contributed by atoms with Gasteiger partial charge in [-0.15, -0.1) is 0 Å². The lowest BCUT2D eigenvalue weighted by Crippen LogP contribution is -2.39. The van der Waals surface area contributed by atoms with Crippen molar-refractivity contribution < 1.29 is 9.47 Å². The predicted molar refractivity (Wildman–Crippen MR) is 74.9 cm³/mol. The summed E-state index contributed by atoms with van der Waals surface area (Å²) >= 11 is 5.22. The van der Waals surface area contributed by atoms with E-state index >= 15 is 0 Å². The molecule has 0 aliphatic carbocycles. The van der Waals surface area contributed by atoms with E-state index < -0.39 is 0 Å². The van der Waals surface area contributed by atoms with Crippen molar-refractivity contribution in [1.29, 1.82) is 0 Å². The fourth-order valence-electron chi connectivity index (χ4n) is 1.61. The van der Waals surface area contributed by atoms with Gasteiger partial charge in [0.1, 0.15) is 0 Å². The molecule has 1 aliphatic rings. The first kappa shape index (κ1) is 13.0. The first-order valence-electron chi connectivity index (χ1n) is 6.12. The standard InChI is InChI=1S/C13H18N2O2S/c1-3-9(2)15-13(18)14-7-10-4-5-11-12(6-10)17-8-16-11/h4-6,9H,3,7-8H2,1-2H3,(H2,14,15,18)/t9-/m1/s1. The van der Waals surface area contributed by atoms with Gasteiger partial charge in [0.05, 0.1) is 0 Å². The van der Waals surface area contributed by atoms with Crippen LogP contribution in [0.5, 0.6) is 11.5 Å². The minimum Gasteiger partial charge on any atom is -0.454 e. The summed E-state index contributed by atoms with van der Waals surface area (Å²) in [6.07, 6.45) is 1.05. The highest BCUT2D eigenvalue weighted by atomic mass is 32.1. The first-order chi connectivity index (χ1) is 8.69. The Kier molecular flexibility index (Phi) is 4.25. The molecule has 0 bridgehead atoms. The molecule has 5 heteroatoms. The SMILES string of the molecule is CC[C@@H](C)NC(=S)NCc1ccc2c(c1)OCO2. The zero-order chi connectivity index (χ0) is 13.0. The van der Waals surface area contributed by atoms with Crippen LogP contribution < -0.4 is 20.1 Å². The number of fused-ring (bicyclic) bond motifs is 1. The fraction of sp³-hybridized carbons (Fsp3) is 0.462. The average Bonchev–Trinajstić information content (AvgIpc) is 2.83. The van der Waals surface area contributed by atoms with Crippen molar-refractivity contribution in [3.8, 4) is 11.5 Å². The third-order valence-electron chi connectivity index (χ3n) is 2.88. The van der Waals surface area contributed by atoms with Crippen LogP contribution in [0.25, 0.3) is 0 Å². The summed E-state index contributed by atoms with van der Waals surface area (Å²) in [5.74, 6) is 1.61. The van der Waals surface area contributed by atoms with Crippen molar-refractivity contribution in [2.24, 2.45) is 0 Å². The molecule has 4 nitrogen and oxygen atoms in total. The Morgan fingerprint density at radius 3 is 2.94 bits per heavy atom. The van der Waals surface area contributed by atoms with Crippen molar-refractivity contribution in [2.45, 2.75) is 32.9 Å². The monoisotopic (exact) mass is 266 g/mol. The van der Waals surface area contributed by atoms with E-state index in [0.29, 0.717) is 24.5 Å². The van der Waals surface area contributed by atoms with Crippen LogP contribution in [0.3, 0.4) is 0 Å².